The van der Waals surface area contributed by atoms with Crippen LogP contribution >= 0.6 is 22.7 Å². The van der Waals surface area contributed by atoms with Crippen LogP contribution in [0.2, 0.25) is 0 Å². The third-order valence-corrected chi connectivity index (χ3v) is 7.82. The Morgan fingerprint density at radius 2 is 1.94 bits per heavy atom. The number of aliphatic hydroxyl groups is 1. The number of rotatable bonds is 5. The van der Waals surface area contributed by atoms with Crippen LogP contribution in [-0.4, -0.2) is 28.9 Å². The molecule has 34 heavy (non-hydrogen) atoms. The molecule has 0 spiro atoms. The van der Waals surface area contributed by atoms with Crippen LogP contribution < -0.4 is 9.64 Å². The van der Waals surface area contributed by atoms with Gasteiger partial charge >= 0.3 is 5.91 Å². The van der Waals surface area contributed by atoms with Crippen molar-refractivity contribution >= 4 is 55.5 Å². The van der Waals surface area contributed by atoms with Gasteiger partial charge in [0.2, 0.25) is 0 Å². The average molecular weight is 491 g/mol. The van der Waals surface area contributed by atoms with Gasteiger partial charge in [0, 0.05) is 10.4 Å². The number of hydrogen-bond donors (Lipinski definition) is 1. The fourth-order valence-corrected chi connectivity index (χ4v) is 5.93. The maximum atomic E-state index is 13.3. The number of benzene rings is 2. The second-order valence-electron chi connectivity index (χ2n) is 8.29. The zero-order valence-electron chi connectivity index (χ0n) is 18.8. The number of methoxy groups -OCH3 is 1. The molecule has 8 heteroatoms. The molecule has 2 aromatic heterocycles. The first-order valence-corrected chi connectivity index (χ1v) is 12.5. The first kappa shape index (κ1) is 22.3. The van der Waals surface area contributed by atoms with E-state index in [2.05, 4.69) is 24.9 Å². The molecule has 0 saturated carbocycles. The van der Waals surface area contributed by atoms with Crippen molar-refractivity contribution in [2.75, 3.05) is 12.0 Å². The van der Waals surface area contributed by atoms with Crippen LogP contribution in [0.15, 0.2) is 65.6 Å². The minimum atomic E-state index is -0.767. The van der Waals surface area contributed by atoms with Crippen molar-refractivity contribution in [3.63, 3.8) is 0 Å². The molecule has 1 N–H and O–H groups in total. The minimum Gasteiger partial charge on any atom is -0.507 e. The molecule has 172 valence electrons. The zero-order chi connectivity index (χ0) is 24.0. The third kappa shape index (κ3) is 3.69. The molecule has 1 fully saturated rings. The standard InChI is InChI=1S/C26H22N2O4S2/c1-14(2)15-9-10-18-20(13-15)34-26(27-18)28-22(19-8-5-11-33-19)21(24(30)25(28)31)23(29)16-6-4-7-17(12-16)32-3/h4-14,22,29H,1-3H3/b23-21+. The summed E-state index contributed by atoms with van der Waals surface area (Å²) in [6.07, 6.45) is 0. The second-order valence-corrected chi connectivity index (χ2v) is 10.3. The van der Waals surface area contributed by atoms with Crippen LogP contribution in [0.5, 0.6) is 5.75 Å². The number of amides is 1. The quantitative estimate of drug-likeness (QED) is 0.207. The zero-order valence-corrected chi connectivity index (χ0v) is 20.4. The van der Waals surface area contributed by atoms with Crippen molar-refractivity contribution in [2.45, 2.75) is 25.8 Å². The van der Waals surface area contributed by atoms with Crippen LogP contribution in [0, 0.1) is 0 Å². The van der Waals surface area contributed by atoms with Gasteiger partial charge in [0.1, 0.15) is 17.6 Å². The molecule has 1 aliphatic heterocycles. The van der Waals surface area contributed by atoms with Gasteiger partial charge in [-0.25, -0.2) is 4.98 Å². The lowest BCUT2D eigenvalue weighted by Gasteiger charge is -2.21. The van der Waals surface area contributed by atoms with Gasteiger partial charge in [-0.05, 0) is 47.2 Å². The first-order valence-electron chi connectivity index (χ1n) is 10.8. The van der Waals surface area contributed by atoms with E-state index in [0.29, 0.717) is 22.4 Å². The van der Waals surface area contributed by atoms with Gasteiger partial charge in [0.15, 0.2) is 5.13 Å². The van der Waals surface area contributed by atoms with Crippen LogP contribution in [0.4, 0.5) is 5.13 Å². The van der Waals surface area contributed by atoms with Crippen LogP contribution in [0.1, 0.15) is 41.8 Å². The van der Waals surface area contributed by atoms with Gasteiger partial charge in [-0.15, -0.1) is 11.3 Å². The summed E-state index contributed by atoms with van der Waals surface area (Å²) in [5, 5.41) is 13.5. The van der Waals surface area contributed by atoms with Gasteiger partial charge < -0.3 is 9.84 Å². The highest BCUT2D eigenvalue weighted by atomic mass is 32.1. The van der Waals surface area contributed by atoms with E-state index in [-0.39, 0.29) is 11.3 Å². The Kier molecular flexibility index (Phi) is 5.71. The Morgan fingerprint density at radius 1 is 1.12 bits per heavy atom. The normalized spacial score (nSPS) is 17.8. The lowest BCUT2D eigenvalue weighted by atomic mass is 10.00. The van der Waals surface area contributed by atoms with E-state index >= 15 is 0 Å². The summed E-state index contributed by atoms with van der Waals surface area (Å²) in [6.45, 7) is 4.24. The summed E-state index contributed by atoms with van der Waals surface area (Å²) >= 11 is 2.79. The van der Waals surface area contributed by atoms with E-state index in [9.17, 15) is 14.7 Å². The molecule has 1 saturated heterocycles. The monoisotopic (exact) mass is 490 g/mol. The number of hydrogen-bond acceptors (Lipinski definition) is 7. The van der Waals surface area contributed by atoms with E-state index in [1.165, 1.54) is 40.2 Å². The Labute approximate surface area is 204 Å². The molecule has 3 heterocycles. The summed E-state index contributed by atoms with van der Waals surface area (Å²) < 4.78 is 6.21. The van der Waals surface area contributed by atoms with E-state index < -0.39 is 17.7 Å². The highest BCUT2D eigenvalue weighted by molar-refractivity contribution is 7.22. The summed E-state index contributed by atoms with van der Waals surface area (Å²) in [4.78, 5) is 33.4. The summed E-state index contributed by atoms with van der Waals surface area (Å²) in [6, 6.07) is 15.8. The number of aliphatic hydroxyl groups excluding tert-OH is 1. The fourth-order valence-electron chi connectivity index (χ4n) is 4.06. The molecule has 1 atom stereocenters. The number of ketones is 1. The van der Waals surface area contributed by atoms with Crippen molar-refractivity contribution in [2.24, 2.45) is 0 Å². The lowest BCUT2D eigenvalue weighted by Crippen LogP contribution is -2.28. The minimum absolute atomic E-state index is 0.0443. The Bertz CT molecular complexity index is 1440. The second kappa shape index (κ2) is 8.70. The molecule has 0 radical (unpaired) electrons. The van der Waals surface area contributed by atoms with Crippen molar-refractivity contribution < 1.29 is 19.4 Å². The number of nitrogens with zero attached hydrogens (tertiary/aromatic N) is 2. The fraction of sp³-hybridized carbons (Fsp3) is 0.192. The maximum absolute atomic E-state index is 13.3. The number of anilines is 1. The molecule has 1 aliphatic rings. The van der Waals surface area contributed by atoms with Crippen LogP contribution in [-0.2, 0) is 9.59 Å². The predicted molar refractivity (Wildman–Crippen MR) is 136 cm³/mol. The number of Topliss-reactive ketones (excluding diaryl/α,β-unsaturated/α-hetero) is 1. The molecule has 1 unspecified atom stereocenters. The summed E-state index contributed by atoms with van der Waals surface area (Å²) in [5.74, 6) is -0.774. The van der Waals surface area contributed by atoms with E-state index in [1.54, 1.807) is 24.3 Å². The van der Waals surface area contributed by atoms with E-state index in [0.717, 1.165) is 15.1 Å². The van der Waals surface area contributed by atoms with Gasteiger partial charge in [-0.3, -0.25) is 14.5 Å². The number of fused-ring (bicyclic) bond motifs is 1. The highest BCUT2D eigenvalue weighted by Crippen LogP contribution is 2.45. The van der Waals surface area contributed by atoms with Crippen molar-refractivity contribution in [1.29, 1.82) is 0 Å². The molecule has 0 bridgehead atoms. The van der Waals surface area contributed by atoms with Gasteiger partial charge in [0.25, 0.3) is 5.78 Å². The number of ether oxygens (including phenoxy) is 1. The van der Waals surface area contributed by atoms with E-state index in [4.69, 9.17) is 4.74 Å². The van der Waals surface area contributed by atoms with Crippen molar-refractivity contribution in [3.05, 3.63) is 81.6 Å². The molecular formula is C26H22N2O4S2. The number of thiophene rings is 1. The highest BCUT2D eigenvalue weighted by Gasteiger charge is 2.48. The van der Waals surface area contributed by atoms with Crippen molar-refractivity contribution in [3.8, 4) is 5.75 Å². The number of thiazole rings is 1. The molecule has 2 aromatic carbocycles. The SMILES string of the molecule is COc1cccc(/C(O)=C2\C(=O)C(=O)N(c3nc4ccc(C(C)C)cc4s3)C2c2cccs2)c1. The van der Waals surface area contributed by atoms with Crippen LogP contribution in [0.25, 0.3) is 16.0 Å². The number of aromatic nitrogens is 1. The molecule has 4 aromatic rings. The van der Waals surface area contributed by atoms with Gasteiger partial charge in [0.05, 0.1) is 22.9 Å². The van der Waals surface area contributed by atoms with Gasteiger partial charge in [-0.1, -0.05) is 49.4 Å². The smallest absolute Gasteiger partial charge is 0.301 e. The molecule has 0 aliphatic carbocycles. The average Bonchev–Trinajstić information content (AvgIpc) is 3.56. The lowest BCUT2D eigenvalue weighted by molar-refractivity contribution is -0.132. The molecule has 1 amide bonds. The van der Waals surface area contributed by atoms with E-state index in [1.807, 2.05) is 29.6 Å². The topological polar surface area (TPSA) is 79.7 Å². The Balaban J connectivity index is 1.68. The summed E-state index contributed by atoms with van der Waals surface area (Å²) in [5.41, 5.74) is 2.40. The maximum Gasteiger partial charge on any atom is 0.301 e. The Morgan fingerprint density at radius 3 is 2.65 bits per heavy atom. The number of carbonyl (C=O) groups excluding carboxylic acids is 2. The Hall–Kier alpha value is -3.49. The largest absolute Gasteiger partial charge is 0.507 e. The third-order valence-electron chi connectivity index (χ3n) is 5.87. The number of carbonyl (C=O) groups is 2. The predicted octanol–water partition coefficient (Wildman–Crippen LogP) is 6.12. The molecular weight excluding hydrogens is 468 g/mol. The van der Waals surface area contributed by atoms with Crippen LogP contribution in [0.3, 0.4) is 0 Å². The van der Waals surface area contributed by atoms with Crippen molar-refractivity contribution in [1.82, 2.24) is 4.98 Å². The molecule has 6 nitrogen and oxygen atoms in total. The summed E-state index contributed by atoms with van der Waals surface area (Å²) in [7, 11) is 1.53. The van der Waals surface area contributed by atoms with Gasteiger partial charge in [-0.2, -0.15) is 0 Å². The molecule has 5 rings (SSSR count). The first-order chi connectivity index (χ1) is 16.4.